The Labute approximate surface area is 229 Å². The maximum Gasteiger partial charge on any atom is 0.250 e. The molecule has 3 aromatic carbocycles. The molecule has 4 rings (SSSR count). The van der Waals surface area contributed by atoms with E-state index < -0.39 is 0 Å². The first kappa shape index (κ1) is 26.7. The zero-order valence-corrected chi connectivity index (χ0v) is 22.8. The van der Waals surface area contributed by atoms with Gasteiger partial charge in [0.1, 0.15) is 6.61 Å². The largest absolute Gasteiger partial charge is 0.490 e. The standard InChI is InChI=1S/C28H26ClN3O3S2/c1-3-34-26-14-20(8-13-25(26)35-16-22-7-5-4-6-19(22)2)15-30-32-27(33)18-37-28-31-24(17-36-28)21-9-11-23(29)12-10-21/h4-15,17H,3,16,18H2,1-2H3,(H,32,33)/b30-15+. The molecule has 0 bridgehead atoms. The van der Waals surface area contributed by atoms with E-state index >= 15 is 0 Å². The molecule has 0 aliphatic heterocycles. The molecule has 0 aliphatic carbocycles. The number of nitrogens with one attached hydrogen (secondary N) is 1. The van der Waals surface area contributed by atoms with E-state index in [1.54, 1.807) is 6.21 Å². The number of nitrogens with zero attached hydrogens (tertiary/aromatic N) is 2. The second-order valence-electron chi connectivity index (χ2n) is 7.94. The number of carbonyl (C=O) groups is 1. The molecule has 0 saturated carbocycles. The molecule has 0 unspecified atom stereocenters. The minimum atomic E-state index is -0.215. The maximum atomic E-state index is 12.3. The van der Waals surface area contributed by atoms with Gasteiger partial charge in [-0.15, -0.1) is 11.3 Å². The van der Waals surface area contributed by atoms with Gasteiger partial charge >= 0.3 is 0 Å². The third-order valence-electron chi connectivity index (χ3n) is 5.26. The SMILES string of the molecule is CCOc1cc(/C=N/NC(=O)CSc2nc(-c3ccc(Cl)cc3)cs2)ccc1OCc1ccccc1C. The van der Waals surface area contributed by atoms with Gasteiger partial charge in [-0.3, -0.25) is 4.79 Å². The monoisotopic (exact) mass is 551 g/mol. The van der Waals surface area contributed by atoms with E-state index in [2.05, 4.69) is 28.5 Å². The molecule has 0 radical (unpaired) electrons. The van der Waals surface area contributed by atoms with E-state index in [4.69, 9.17) is 21.1 Å². The van der Waals surface area contributed by atoms with Crippen LogP contribution in [0.4, 0.5) is 0 Å². The Bertz CT molecular complexity index is 1370. The fourth-order valence-corrected chi connectivity index (χ4v) is 5.09. The molecular weight excluding hydrogens is 526 g/mol. The van der Waals surface area contributed by atoms with Crippen molar-refractivity contribution < 1.29 is 14.3 Å². The Morgan fingerprint density at radius 3 is 2.70 bits per heavy atom. The van der Waals surface area contributed by atoms with Gasteiger partial charge in [0.15, 0.2) is 15.8 Å². The normalized spacial score (nSPS) is 11.0. The molecule has 0 spiro atoms. The molecule has 1 amide bonds. The minimum absolute atomic E-state index is 0.209. The second kappa shape index (κ2) is 13.3. The Hall–Kier alpha value is -3.33. The third-order valence-corrected chi connectivity index (χ3v) is 7.54. The summed E-state index contributed by atoms with van der Waals surface area (Å²) in [6.45, 7) is 4.94. The zero-order valence-electron chi connectivity index (χ0n) is 20.4. The average molecular weight is 552 g/mol. The van der Waals surface area contributed by atoms with Crippen molar-refractivity contribution in [1.29, 1.82) is 0 Å². The molecule has 0 atom stereocenters. The van der Waals surface area contributed by atoms with Gasteiger partial charge < -0.3 is 9.47 Å². The van der Waals surface area contributed by atoms with Gasteiger partial charge in [-0.05, 0) is 60.9 Å². The highest BCUT2D eigenvalue weighted by Crippen LogP contribution is 2.30. The van der Waals surface area contributed by atoms with Gasteiger partial charge in [0.25, 0.3) is 5.91 Å². The number of carbonyl (C=O) groups excluding carboxylic acids is 1. The summed E-state index contributed by atoms with van der Waals surface area (Å²) in [6.07, 6.45) is 1.58. The van der Waals surface area contributed by atoms with Gasteiger partial charge in [0, 0.05) is 16.0 Å². The molecule has 0 aliphatic rings. The van der Waals surface area contributed by atoms with E-state index in [0.717, 1.165) is 26.7 Å². The lowest BCUT2D eigenvalue weighted by Gasteiger charge is -2.13. The first-order valence-corrected chi connectivity index (χ1v) is 13.9. The predicted octanol–water partition coefficient (Wildman–Crippen LogP) is 6.99. The lowest BCUT2D eigenvalue weighted by molar-refractivity contribution is -0.118. The van der Waals surface area contributed by atoms with E-state index in [0.29, 0.717) is 29.7 Å². The van der Waals surface area contributed by atoms with Gasteiger partial charge in [-0.25, -0.2) is 10.4 Å². The molecule has 0 saturated heterocycles. The van der Waals surface area contributed by atoms with Crippen molar-refractivity contribution in [3.05, 3.63) is 93.8 Å². The maximum absolute atomic E-state index is 12.3. The molecule has 37 heavy (non-hydrogen) atoms. The smallest absolute Gasteiger partial charge is 0.250 e. The van der Waals surface area contributed by atoms with Gasteiger partial charge in [-0.1, -0.05) is 59.8 Å². The van der Waals surface area contributed by atoms with Crippen LogP contribution in [-0.2, 0) is 11.4 Å². The number of hydrazone groups is 1. The molecule has 190 valence electrons. The van der Waals surface area contributed by atoms with Crippen molar-refractivity contribution in [2.75, 3.05) is 12.4 Å². The number of aromatic nitrogens is 1. The van der Waals surface area contributed by atoms with Crippen LogP contribution < -0.4 is 14.9 Å². The summed E-state index contributed by atoms with van der Waals surface area (Å²) in [5.74, 6) is 1.28. The van der Waals surface area contributed by atoms with E-state index in [1.807, 2.05) is 73.0 Å². The molecule has 1 heterocycles. The van der Waals surface area contributed by atoms with Crippen LogP contribution in [0.1, 0.15) is 23.6 Å². The summed E-state index contributed by atoms with van der Waals surface area (Å²) in [5.41, 5.74) is 7.49. The summed E-state index contributed by atoms with van der Waals surface area (Å²) in [5, 5.41) is 6.73. The van der Waals surface area contributed by atoms with Gasteiger partial charge in [0.2, 0.25) is 0 Å². The Balaban J connectivity index is 1.29. The molecule has 6 nitrogen and oxygen atoms in total. The number of benzene rings is 3. The quantitative estimate of drug-likeness (QED) is 0.123. The van der Waals surface area contributed by atoms with Crippen molar-refractivity contribution in [2.45, 2.75) is 24.8 Å². The fourth-order valence-electron chi connectivity index (χ4n) is 3.34. The highest BCUT2D eigenvalue weighted by molar-refractivity contribution is 8.01. The summed E-state index contributed by atoms with van der Waals surface area (Å²) >= 11 is 8.81. The second-order valence-corrected chi connectivity index (χ2v) is 10.5. The average Bonchev–Trinajstić information content (AvgIpc) is 3.38. The predicted molar refractivity (Wildman–Crippen MR) is 152 cm³/mol. The molecule has 1 aromatic heterocycles. The van der Waals surface area contributed by atoms with Crippen molar-refractivity contribution in [2.24, 2.45) is 5.10 Å². The van der Waals surface area contributed by atoms with Crippen molar-refractivity contribution in [1.82, 2.24) is 10.4 Å². The molecular formula is C28H26ClN3O3S2. The van der Waals surface area contributed by atoms with Crippen LogP contribution in [0, 0.1) is 6.92 Å². The van der Waals surface area contributed by atoms with Crippen molar-refractivity contribution in [3.63, 3.8) is 0 Å². The van der Waals surface area contributed by atoms with Crippen LogP contribution in [0.2, 0.25) is 5.02 Å². The summed E-state index contributed by atoms with van der Waals surface area (Å²) < 4.78 is 12.6. The molecule has 1 N–H and O–H groups in total. The van der Waals surface area contributed by atoms with Crippen LogP contribution in [0.5, 0.6) is 11.5 Å². The summed E-state index contributed by atoms with van der Waals surface area (Å²) in [7, 11) is 0. The number of hydrogen-bond donors (Lipinski definition) is 1. The van der Waals surface area contributed by atoms with Crippen molar-refractivity contribution >= 4 is 46.8 Å². The minimum Gasteiger partial charge on any atom is -0.490 e. The number of rotatable bonds is 11. The van der Waals surface area contributed by atoms with Crippen LogP contribution in [0.3, 0.4) is 0 Å². The first-order chi connectivity index (χ1) is 18.0. The number of ether oxygens (including phenoxy) is 2. The first-order valence-electron chi connectivity index (χ1n) is 11.6. The molecule has 9 heteroatoms. The van der Waals surface area contributed by atoms with Gasteiger partial charge in [-0.2, -0.15) is 5.10 Å². The molecule has 0 fully saturated rings. The Morgan fingerprint density at radius 1 is 1.11 bits per heavy atom. The van der Waals surface area contributed by atoms with Crippen LogP contribution in [-0.4, -0.2) is 29.5 Å². The lowest BCUT2D eigenvalue weighted by atomic mass is 10.1. The molecule has 4 aromatic rings. The third kappa shape index (κ3) is 7.82. The highest BCUT2D eigenvalue weighted by atomic mass is 35.5. The van der Waals surface area contributed by atoms with Crippen molar-refractivity contribution in [3.8, 4) is 22.8 Å². The Morgan fingerprint density at radius 2 is 1.92 bits per heavy atom. The zero-order chi connectivity index (χ0) is 26.0. The van der Waals surface area contributed by atoms with Crippen LogP contribution in [0.25, 0.3) is 11.3 Å². The topological polar surface area (TPSA) is 72.8 Å². The van der Waals surface area contributed by atoms with Crippen LogP contribution >= 0.6 is 34.7 Å². The number of halogens is 1. The van der Waals surface area contributed by atoms with Crippen LogP contribution in [0.15, 0.2) is 81.6 Å². The van der Waals surface area contributed by atoms with E-state index in [1.165, 1.54) is 28.7 Å². The number of amides is 1. The van der Waals surface area contributed by atoms with E-state index in [9.17, 15) is 4.79 Å². The summed E-state index contributed by atoms with van der Waals surface area (Å²) in [6, 6.07) is 21.2. The fraction of sp³-hybridized carbons (Fsp3) is 0.179. The number of hydrogen-bond acceptors (Lipinski definition) is 7. The van der Waals surface area contributed by atoms with E-state index in [-0.39, 0.29) is 11.7 Å². The Kier molecular flexibility index (Phi) is 9.59. The summed E-state index contributed by atoms with van der Waals surface area (Å²) in [4.78, 5) is 16.8. The number of aryl methyl sites for hydroxylation is 1. The highest BCUT2D eigenvalue weighted by Gasteiger charge is 2.09. The lowest BCUT2D eigenvalue weighted by Crippen LogP contribution is -2.19. The van der Waals surface area contributed by atoms with Gasteiger partial charge in [0.05, 0.1) is 24.3 Å². The number of thioether (sulfide) groups is 1. The number of thiazole rings is 1.